The molecule has 114 valence electrons. The van der Waals surface area contributed by atoms with Crippen molar-refractivity contribution in [2.24, 2.45) is 5.73 Å². The standard InChI is InChI=1S/C16H22N2O2S/c1-13(18-21(19,20)16-9-2-3-10-16)15-8-4-6-14(12-15)7-5-11-17/h4,6,8,12-13,16,18H,2-3,9-11,17H2,1H3. The second kappa shape index (κ2) is 7.08. The van der Waals surface area contributed by atoms with E-state index in [4.69, 9.17) is 5.73 Å². The summed E-state index contributed by atoms with van der Waals surface area (Å²) in [6, 6.07) is 7.34. The molecule has 1 unspecified atom stereocenters. The summed E-state index contributed by atoms with van der Waals surface area (Å²) in [7, 11) is -3.24. The van der Waals surface area contributed by atoms with Crippen LogP contribution in [0.4, 0.5) is 0 Å². The Kier molecular flexibility index (Phi) is 5.40. The highest BCUT2D eigenvalue weighted by molar-refractivity contribution is 7.90. The molecule has 1 aliphatic rings. The summed E-state index contributed by atoms with van der Waals surface area (Å²) in [5, 5.41) is -0.236. The Morgan fingerprint density at radius 3 is 2.76 bits per heavy atom. The molecule has 1 atom stereocenters. The summed E-state index contributed by atoms with van der Waals surface area (Å²) in [6.07, 6.45) is 3.54. The molecule has 21 heavy (non-hydrogen) atoms. The molecule has 0 spiro atoms. The third-order valence-electron chi connectivity index (χ3n) is 3.80. The molecule has 0 aromatic heterocycles. The summed E-state index contributed by atoms with van der Waals surface area (Å²) in [4.78, 5) is 0. The van der Waals surface area contributed by atoms with Crippen LogP contribution >= 0.6 is 0 Å². The molecule has 1 aliphatic carbocycles. The van der Waals surface area contributed by atoms with Crippen molar-refractivity contribution >= 4 is 10.0 Å². The zero-order chi connectivity index (χ0) is 15.3. The van der Waals surface area contributed by atoms with Crippen LogP contribution in [-0.2, 0) is 10.0 Å². The summed E-state index contributed by atoms with van der Waals surface area (Å²) in [5.41, 5.74) is 7.13. The molecule has 1 aromatic carbocycles. The van der Waals surface area contributed by atoms with Crippen molar-refractivity contribution in [3.63, 3.8) is 0 Å². The highest BCUT2D eigenvalue weighted by Gasteiger charge is 2.29. The first-order chi connectivity index (χ1) is 10.0. The Balaban J connectivity index is 2.11. The first-order valence-corrected chi connectivity index (χ1v) is 8.87. The molecule has 5 heteroatoms. The Bertz CT molecular complexity index is 638. The number of hydrogen-bond acceptors (Lipinski definition) is 3. The molecule has 3 N–H and O–H groups in total. The second-order valence-corrected chi connectivity index (χ2v) is 7.41. The van der Waals surface area contributed by atoms with Crippen molar-refractivity contribution in [1.82, 2.24) is 4.72 Å². The van der Waals surface area contributed by atoms with Crippen LogP contribution in [-0.4, -0.2) is 20.2 Å². The van der Waals surface area contributed by atoms with E-state index in [2.05, 4.69) is 16.6 Å². The van der Waals surface area contributed by atoms with E-state index in [0.29, 0.717) is 6.54 Å². The topological polar surface area (TPSA) is 72.2 Å². The lowest BCUT2D eigenvalue weighted by atomic mass is 10.1. The van der Waals surface area contributed by atoms with E-state index in [9.17, 15) is 8.42 Å². The Morgan fingerprint density at radius 1 is 1.38 bits per heavy atom. The Hall–Kier alpha value is -1.35. The van der Waals surface area contributed by atoms with E-state index in [1.54, 1.807) is 0 Å². The number of sulfonamides is 1. The van der Waals surface area contributed by atoms with Gasteiger partial charge >= 0.3 is 0 Å². The quantitative estimate of drug-likeness (QED) is 0.835. The minimum Gasteiger partial charge on any atom is -0.320 e. The monoisotopic (exact) mass is 306 g/mol. The summed E-state index contributed by atoms with van der Waals surface area (Å²) in [6.45, 7) is 2.18. The van der Waals surface area contributed by atoms with E-state index < -0.39 is 10.0 Å². The van der Waals surface area contributed by atoms with E-state index in [1.165, 1.54) is 0 Å². The van der Waals surface area contributed by atoms with Gasteiger partial charge in [-0.25, -0.2) is 13.1 Å². The van der Waals surface area contributed by atoms with Crippen LogP contribution in [0.1, 0.15) is 49.8 Å². The average Bonchev–Trinajstić information content (AvgIpc) is 3.00. The van der Waals surface area contributed by atoms with Gasteiger partial charge in [-0.05, 0) is 37.5 Å². The number of rotatable bonds is 4. The first-order valence-electron chi connectivity index (χ1n) is 7.33. The van der Waals surface area contributed by atoms with E-state index in [-0.39, 0.29) is 11.3 Å². The van der Waals surface area contributed by atoms with Crippen molar-refractivity contribution in [3.05, 3.63) is 35.4 Å². The lowest BCUT2D eigenvalue weighted by Crippen LogP contribution is -2.34. The molecular weight excluding hydrogens is 284 g/mol. The van der Waals surface area contributed by atoms with Gasteiger partial charge in [-0.15, -0.1) is 0 Å². The molecule has 1 fully saturated rings. The lowest BCUT2D eigenvalue weighted by molar-refractivity contribution is 0.550. The third kappa shape index (κ3) is 4.31. The van der Waals surface area contributed by atoms with Gasteiger partial charge < -0.3 is 5.73 Å². The minimum absolute atomic E-state index is 0.236. The Morgan fingerprint density at radius 2 is 2.10 bits per heavy atom. The number of nitrogens with one attached hydrogen (secondary N) is 1. The van der Waals surface area contributed by atoms with Crippen molar-refractivity contribution in [2.45, 2.75) is 43.9 Å². The molecule has 0 saturated heterocycles. The van der Waals surface area contributed by atoms with Crippen molar-refractivity contribution < 1.29 is 8.42 Å². The predicted octanol–water partition coefficient (Wildman–Crippen LogP) is 1.92. The van der Waals surface area contributed by atoms with Gasteiger partial charge in [0.25, 0.3) is 0 Å². The maximum Gasteiger partial charge on any atom is 0.215 e. The maximum atomic E-state index is 12.3. The number of benzene rings is 1. The van der Waals surface area contributed by atoms with Gasteiger partial charge in [-0.3, -0.25) is 0 Å². The second-order valence-electron chi connectivity index (χ2n) is 5.42. The fourth-order valence-electron chi connectivity index (χ4n) is 2.65. The zero-order valence-electron chi connectivity index (χ0n) is 12.3. The highest BCUT2D eigenvalue weighted by Crippen LogP contribution is 2.25. The normalized spacial score (nSPS) is 17.2. The molecule has 0 radical (unpaired) electrons. The largest absolute Gasteiger partial charge is 0.320 e. The minimum atomic E-state index is -3.24. The highest BCUT2D eigenvalue weighted by atomic mass is 32.2. The molecule has 0 amide bonds. The SMILES string of the molecule is CC(NS(=O)(=O)C1CCCC1)c1cccc(C#CCN)c1. The molecule has 0 heterocycles. The van der Waals surface area contributed by atoms with Gasteiger partial charge in [0.15, 0.2) is 0 Å². The molecule has 1 aromatic rings. The fourth-order valence-corrected chi connectivity index (χ4v) is 4.42. The van der Waals surface area contributed by atoms with Crippen molar-refractivity contribution in [1.29, 1.82) is 0 Å². The van der Waals surface area contributed by atoms with Crippen LogP contribution in [0.25, 0.3) is 0 Å². The average molecular weight is 306 g/mol. The smallest absolute Gasteiger partial charge is 0.215 e. The lowest BCUT2D eigenvalue weighted by Gasteiger charge is -2.18. The van der Waals surface area contributed by atoms with Gasteiger partial charge in [0, 0.05) is 11.6 Å². The molecule has 0 aliphatic heterocycles. The van der Waals surface area contributed by atoms with Crippen LogP contribution in [0.3, 0.4) is 0 Å². The fraction of sp³-hybridized carbons (Fsp3) is 0.500. The van der Waals surface area contributed by atoms with Crippen molar-refractivity contribution in [3.8, 4) is 11.8 Å². The van der Waals surface area contributed by atoms with Crippen LogP contribution < -0.4 is 10.5 Å². The third-order valence-corrected chi connectivity index (χ3v) is 5.83. The maximum absolute atomic E-state index is 12.3. The van der Waals surface area contributed by atoms with Crippen molar-refractivity contribution in [2.75, 3.05) is 6.54 Å². The summed E-state index contributed by atoms with van der Waals surface area (Å²) >= 11 is 0. The van der Waals surface area contributed by atoms with Gasteiger partial charge in [-0.2, -0.15) is 0 Å². The van der Waals surface area contributed by atoms with E-state index >= 15 is 0 Å². The molecular formula is C16H22N2O2S. The van der Waals surface area contributed by atoms with Crippen LogP contribution in [0, 0.1) is 11.8 Å². The Labute approximate surface area is 127 Å². The van der Waals surface area contributed by atoms with Gasteiger partial charge in [0.2, 0.25) is 10.0 Å². The summed E-state index contributed by atoms with van der Waals surface area (Å²) < 4.78 is 27.4. The summed E-state index contributed by atoms with van der Waals surface area (Å²) in [5.74, 6) is 5.77. The van der Waals surface area contributed by atoms with Crippen LogP contribution in [0.5, 0.6) is 0 Å². The van der Waals surface area contributed by atoms with Crippen LogP contribution in [0.2, 0.25) is 0 Å². The van der Waals surface area contributed by atoms with Gasteiger partial charge in [-0.1, -0.05) is 36.8 Å². The number of nitrogens with two attached hydrogens (primary N) is 1. The number of hydrogen-bond donors (Lipinski definition) is 2. The molecule has 2 rings (SSSR count). The zero-order valence-corrected chi connectivity index (χ0v) is 13.1. The molecule has 4 nitrogen and oxygen atoms in total. The van der Waals surface area contributed by atoms with E-state index in [0.717, 1.165) is 36.8 Å². The predicted molar refractivity (Wildman–Crippen MR) is 85.1 cm³/mol. The first kappa shape index (κ1) is 16.0. The van der Waals surface area contributed by atoms with E-state index in [1.807, 2.05) is 31.2 Å². The van der Waals surface area contributed by atoms with Gasteiger partial charge in [0.1, 0.15) is 0 Å². The van der Waals surface area contributed by atoms with Gasteiger partial charge in [0.05, 0.1) is 11.8 Å². The molecule has 1 saturated carbocycles. The molecule has 0 bridgehead atoms. The van der Waals surface area contributed by atoms with Crippen LogP contribution in [0.15, 0.2) is 24.3 Å².